The van der Waals surface area contributed by atoms with Crippen LogP contribution >= 0.6 is 15.9 Å². The second-order valence-electron chi connectivity index (χ2n) is 4.73. The normalized spacial score (nSPS) is 12.2. The molecule has 0 heterocycles. The molecule has 19 heavy (non-hydrogen) atoms. The summed E-state index contributed by atoms with van der Waals surface area (Å²) in [6, 6.07) is 16.4. The van der Waals surface area contributed by atoms with E-state index in [0.29, 0.717) is 6.54 Å². The first-order chi connectivity index (χ1) is 9.09. The number of rotatable bonds is 4. The van der Waals surface area contributed by atoms with Crippen LogP contribution in [-0.4, -0.2) is 24.8 Å². The fourth-order valence-electron chi connectivity index (χ4n) is 2.21. The molecule has 0 aliphatic rings. The maximum Gasteiger partial charge on any atom is 0.0686 e. The van der Waals surface area contributed by atoms with Crippen LogP contribution in [0.1, 0.15) is 6.92 Å². The zero-order chi connectivity index (χ0) is 13.8. The number of halogens is 1. The predicted octanol–water partition coefficient (Wildman–Crippen LogP) is 3.93. The van der Waals surface area contributed by atoms with Gasteiger partial charge in [0.05, 0.1) is 6.10 Å². The van der Waals surface area contributed by atoms with E-state index in [-0.39, 0.29) is 6.10 Å². The van der Waals surface area contributed by atoms with Crippen molar-refractivity contribution in [1.29, 1.82) is 0 Å². The van der Waals surface area contributed by atoms with E-state index >= 15 is 0 Å². The van der Waals surface area contributed by atoms with Crippen LogP contribution in [0.15, 0.2) is 53.0 Å². The third-order valence-electron chi connectivity index (χ3n) is 3.02. The summed E-state index contributed by atoms with van der Waals surface area (Å²) >= 11 is 3.60. The largest absolute Gasteiger partial charge is 0.392 e. The van der Waals surface area contributed by atoms with E-state index in [1.807, 2.05) is 37.4 Å². The molecule has 0 aromatic heterocycles. The number of aliphatic hydroxyl groups excluding tert-OH is 1. The molecular weight excluding hydrogens is 302 g/mol. The van der Waals surface area contributed by atoms with E-state index in [1.54, 1.807) is 6.92 Å². The van der Waals surface area contributed by atoms with Gasteiger partial charge in [-0.25, -0.2) is 0 Å². The lowest BCUT2D eigenvalue weighted by Gasteiger charge is -2.24. The summed E-state index contributed by atoms with van der Waals surface area (Å²) in [4.78, 5) is 2.08. The van der Waals surface area contributed by atoms with Crippen molar-refractivity contribution in [2.75, 3.05) is 18.5 Å². The van der Waals surface area contributed by atoms with Gasteiger partial charge in [0.2, 0.25) is 0 Å². The maximum absolute atomic E-state index is 9.55. The Hall–Kier alpha value is -1.32. The fourth-order valence-corrected chi connectivity index (χ4v) is 2.71. The van der Waals surface area contributed by atoms with Crippen LogP contribution < -0.4 is 4.90 Å². The molecule has 2 rings (SSSR count). The van der Waals surface area contributed by atoms with Gasteiger partial charge >= 0.3 is 0 Å². The van der Waals surface area contributed by atoms with Crippen molar-refractivity contribution in [3.63, 3.8) is 0 Å². The lowest BCUT2D eigenvalue weighted by molar-refractivity contribution is 0.201. The number of hydrogen-bond donors (Lipinski definition) is 1. The highest BCUT2D eigenvalue weighted by Gasteiger charge is 2.12. The Balaban J connectivity index is 2.45. The van der Waals surface area contributed by atoms with Crippen molar-refractivity contribution in [3.05, 3.63) is 53.0 Å². The Bertz CT molecular complexity index is 554. The fraction of sp³-hybridized carbons (Fsp3) is 0.250. The van der Waals surface area contributed by atoms with Crippen molar-refractivity contribution in [2.24, 2.45) is 0 Å². The molecule has 0 saturated carbocycles. The summed E-state index contributed by atoms with van der Waals surface area (Å²) in [5.41, 5.74) is 3.45. The topological polar surface area (TPSA) is 23.5 Å². The summed E-state index contributed by atoms with van der Waals surface area (Å²) in [6.07, 6.45) is -0.350. The van der Waals surface area contributed by atoms with Crippen LogP contribution in [0, 0.1) is 0 Å². The van der Waals surface area contributed by atoms with E-state index < -0.39 is 0 Å². The molecule has 1 N–H and O–H groups in total. The molecule has 0 fully saturated rings. The lowest BCUT2D eigenvalue weighted by Crippen LogP contribution is -2.27. The summed E-state index contributed by atoms with van der Waals surface area (Å²) < 4.78 is 1.08. The number of para-hydroxylation sites is 1. The van der Waals surface area contributed by atoms with E-state index in [9.17, 15) is 5.11 Å². The first kappa shape index (κ1) is 14.1. The second-order valence-corrected chi connectivity index (χ2v) is 5.58. The molecule has 0 bridgehead atoms. The molecule has 0 aliphatic carbocycles. The van der Waals surface area contributed by atoms with Crippen molar-refractivity contribution >= 4 is 21.6 Å². The van der Waals surface area contributed by atoms with Crippen LogP contribution in [0.5, 0.6) is 0 Å². The zero-order valence-electron chi connectivity index (χ0n) is 11.2. The van der Waals surface area contributed by atoms with E-state index in [0.717, 1.165) is 21.3 Å². The number of nitrogens with zero attached hydrogens (tertiary/aromatic N) is 1. The van der Waals surface area contributed by atoms with Gasteiger partial charge in [-0.2, -0.15) is 0 Å². The Kier molecular flexibility index (Phi) is 4.61. The molecular formula is C16H18BrNO. The van der Waals surface area contributed by atoms with E-state index in [2.05, 4.69) is 39.0 Å². The number of benzene rings is 2. The molecule has 3 heteroatoms. The first-order valence-electron chi connectivity index (χ1n) is 6.32. The molecule has 0 spiro atoms. The Morgan fingerprint density at radius 3 is 2.26 bits per heavy atom. The molecule has 2 aromatic rings. The quantitative estimate of drug-likeness (QED) is 0.922. The minimum atomic E-state index is -0.350. The van der Waals surface area contributed by atoms with Gasteiger partial charge in [0.15, 0.2) is 0 Å². The molecule has 0 unspecified atom stereocenters. The van der Waals surface area contributed by atoms with Gasteiger partial charge in [-0.05, 0) is 24.6 Å². The van der Waals surface area contributed by atoms with Gasteiger partial charge in [-0.3, -0.25) is 0 Å². The van der Waals surface area contributed by atoms with Crippen LogP contribution in [0.4, 0.5) is 5.69 Å². The first-order valence-corrected chi connectivity index (χ1v) is 7.12. The molecule has 0 amide bonds. The Labute approximate surface area is 122 Å². The van der Waals surface area contributed by atoms with Gasteiger partial charge in [0, 0.05) is 29.3 Å². The molecule has 0 aliphatic heterocycles. The smallest absolute Gasteiger partial charge is 0.0686 e. The number of hydrogen-bond acceptors (Lipinski definition) is 2. The molecule has 1 atom stereocenters. The highest BCUT2D eigenvalue weighted by Crippen LogP contribution is 2.34. The minimum Gasteiger partial charge on any atom is -0.392 e. The summed E-state index contributed by atoms with van der Waals surface area (Å²) in [5.74, 6) is 0. The molecule has 0 radical (unpaired) electrons. The highest BCUT2D eigenvalue weighted by molar-refractivity contribution is 9.10. The van der Waals surface area contributed by atoms with Gasteiger partial charge in [-0.15, -0.1) is 0 Å². The van der Waals surface area contributed by atoms with Gasteiger partial charge in [0.1, 0.15) is 0 Å². The summed E-state index contributed by atoms with van der Waals surface area (Å²) in [6.45, 7) is 2.42. The zero-order valence-corrected chi connectivity index (χ0v) is 12.8. The minimum absolute atomic E-state index is 0.350. The Morgan fingerprint density at radius 2 is 1.63 bits per heavy atom. The lowest BCUT2D eigenvalue weighted by atomic mass is 10.0. The molecule has 2 nitrogen and oxygen atoms in total. The molecule has 100 valence electrons. The van der Waals surface area contributed by atoms with Crippen molar-refractivity contribution in [1.82, 2.24) is 0 Å². The van der Waals surface area contributed by atoms with Gasteiger partial charge < -0.3 is 10.0 Å². The van der Waals surface area contributed by atoms with Crippen LogP contribution in [0.2, 0.25) is 0 Å². The SMILES string of the molecule is C[C@H](O)CN(C)c1ccccc1-c1ccccc1Br. The highest BCUT2D eigenvalue weighted by atomic mass is 79.9. The molecule has 2 aromatic carbocycles. The van der Waals surface area contributed by atoms with Crippen molar-refractivity contribution in [3.8, 4) is 11.1 Å². The van der Waals surface area contributed by atoms with E-state index in [4.69, 9.17) is 0 Å². The molecule has 0 saturated heterocycles. The van der Waals surface area contributed by atoms with Crippen molar-refractivity contribution in [2.45, 2.75) is 13.0 Å². The average Bonchev–Trinajstić information content (AvgIpc) is 2.38. The van der Waals surface area contributed by atoms with Gasteiger partial charge in [0.25, 0.3) is 0 Å². The van der Waals surface area contributed by atoms with Crippen LogP contribution in [0.3, 0.4) is 0 Å². The summed E-state index contributed by atoms with van der Waals surface area (Å²) in [5, 5.41) is 9.55. The predicted molar refractivity (Wildman–Crippen MR) is 84.5 cm³/mol. The number of anilines is 1. The number of aliphatic hydroxyl groups is 1. The third-order valence-corrected chi connectivity index (χ3v) is 3.71. The second kappa shape index (κ2) is 6.22. The van der Waals surface area contributed by atoms with Crippen molar-refractivity contribution < 1.29 is 5.11 Å². The van der Waals surface area contributed by atoms with Crippen LogP contribution in [0.25, 0.3) is 11.1 Å². The average molecular weight is 320 g/mol. The monoisotopic (exact) mass is 319 g/mol. The summed E-state index contributed by atoms with van der Waals surface area (Å²) in [7, 11) is 2.00. The third kappa shape index (κ3) is 3.37. The van der Waals surface area contributed by atoms with E-state index in [1.165, 1.54) is 0 Å². The number of likely N-dealkylation sites (N-methyl/N-ethyl adjacent to an activating group) is 1. The van der Waals surface area contributed by atoms with Crippen LogP contribution in [-0.2, 0) is 0 Å². The standard InChI is InChI=1S/C16H18BrNO/c1-12(19)11-18(2)16-10-6-4-8-14(16)13-7-3-5-9-15(13)17/h3-10,12,19H,11H2,1-2H3/t12-/m0/s1. The maximum atomic E-state index is 9.55. The Morgan fingerprint density at radius 1 is 1.05 bits per heavy atom. The van der Waals surface area contributed by atoms with Gasteiger partial charge in [-0.1, -0.05) is 52.3 Å².